The number of piperazine rings is 1. The van der Waals surface area contributed by atoms with Crippen molar-refractivity contribution in [2.45, 2.75) is 46.6 Å². The molecule has 0 saturated carbocycles. The Labute approximate surface area is 237 Å². The number of aromatic nitrogens is 1. The van der Waals surface area contributed by atoms with Crippen LogP contribution in [0, 0.1) is 13.8 Å². The van der Waals surface area contributed by atoms with Gasteiger partial charge >= 0.3 is 0 Å². The van der Waals surface area contributed by atoms with Crippen molar-refractivity contribution in [1.29, 1.82) is 0 Å². The molecule has 3 heterocycles. The van der Waals surface area contributed by atoms with E-state index in [0.717, 1.165) is 28.1 Å². The zero-order valence-electron chi connectivity index (χ0n) is 24.4. The van der Waals surface area contributed by atoms with Crippen molar-refractivity contribution < 1.29 is 14.4 Å². The minimum Gasteiger partial charge on any atom is -0.368 e. The molecule has 0 spiro atoms. The highest BCUT2D eigenvalue weighted by Gasteiger charge is 2.45. The molecule has 1 fully saturated rings. The number of benzene rings is 2. The normalized spacial score (nSPS) is 18.9. The molecule has 2 unspecified atom stereocenters. The fourth-order valence-corrected chi connectivity index (χ4v) is 5.54. The maximum absolute atomic E-state index is 14.2. The smallest absolute Gasteiger partial charge is 0.254 e. The summed E-state index contributed by atoms with van der Waals surface area (Å²) in [6, 6.07) is 14.8. The van der Waals surface area contributed by atoms with Gasteiger partial charge in [0, 0.05) is 61.9 Å². The summed E-state index contributed by atoms with van der Waals surface area (Å²) in [5.74, 6) is -0.428. The molecular weight excluding hydrogens is 500 g/mol. The van der Waals surface area contributed by atoms with Crippen LogP contribution in [0.25, 0.3) is 0 Å². The number of nitrogens with one attached hydrogen (secondary N) is 1. The van der Waals surface area contributed by atoms with Crippen molar-refractivity contribution in [2.75, 3.05) is 38.1 Å². The first-order valence-corrected chi connectivity index (χ1v) is 13.9. The van der Waals surface area contributed by atoms with Gasteiger partial charge in [-0.15, -0.1) is 0 Å². The lowest BCUT2D eigenvalue weighted by Crippen LogP contribution is -2.53. The number of anilines is 1. The molecule has 7 heteroatoms. The third-order valence-electron chi connectivity index (χ3n) is 8.17. The van der Waals surface area contributed by atoms with Crippen LogP contribution < -0.4 is 4.90 Å². The summed E-state index contributed by atoms with van der Waals surface area (Å²) in [6.45, 7) is 12.2. The number of fused-ring (bicyclic) bond motifs is 1. The molecule has 2 aromatic carbocycles. The average molecular weight is 541 g/mol. The molecule has 5 rings (SSSR count). The first-order valence-electron chi connectivity index (χ1n) is 13.9. The summed E-state index contributed by atoms with van der Waals surface area (Å²) >= 11 is 0. The SMILES string of the molecule is C/C=C\C.CC(=O)c1ccc(N2CCN(C(=O)C3c4ccccc4C(=O)N(C)C3c3c[nH]c(C)c3C)CC2)cc1. The molecule has 2 aliphatic rings. The number of aryl methyl sites for hydroxylation is 1. The van der Waals surface area contributed by atoms with Crippen LogP contribution in [-0.2, 0) is 4.79 Å². The van der Waals surface area contributed by atoms with Gasteiger partial charge in [0.05, 0.1) is 12.0 Å². The van der Waals surface area contributed by atoms with Crippen molar-refractivity contribution in [3.63, 3.8) is 0 Å². The third-order valence-corrected chi connectivity index (χ3v) is 8.17. The van der Waals surface area contributed by atoms with E-state index in [-0.39, 0.29) is 23.6 Å². The topological polar surface area (TPSA) is 76.7 Å². The molecule has 1 aromatic heterocycles. The maximum atomic E-state index is 14.2. The lowest BCUT2D eigenvalue weighted by Gasteiger charge is -2.43. The van der Waals surface area contributed by atoms with Crippen molar-refractivity contribution in [2.24, 2.45) is 0 Å². The maximum Gasteiger partial charge on any atom is 0.254 e. The number of H-pyrrole nitrogens is 1. The van der Waals surface area contributed by atoms with Gasteiger partial charge in [0.25, 0.3) is 5.91 Å². The first kappa shape index (κ1) is 28.9. The second-order valence-corrected chi connectivity index (χ2v) is 10.5. The van der Waals surface area contributed by atoms with Crippen LogP contribution in [0.2, 0.25) is 0 Å². The second-order valence-electron chi connectivity index (χ2n) is 10.5. The van der Waals surface area contributed by atoms with E-state index in [9.17, 15) is 14.4 Å². The number of likely N-dealkylation sites (N-methyl/N-ethyl adjacent to an activating group) is 1. The fraction of sp³-hybridized carbons (Fsp3) is 0.364. The van der Waals surface area contributed by atoms with E-state index >= 15 is 0 Å². The molecule has 0 radical (unpaired) electrons. The van der Waals surface area contributed by atoms with E-state index < -0.39 is 5.92 Å². The lowest BCUT2D eigenvalue weighted by molar-refractivity contribution is -0.134. The van der Waals surface area contributed by atoms with Gasteiger partial charge in [-0.1, -0.05) is 30.4 Å². The van der Waals surface area contributed by atoms with Crippen molar-refractivity contribution in [1.82, 2.24) is 14.8 Å². The van der Waals surface area contributed by atoms with Crippen molar-refractivity contribution >= 4 is 23.3 Å². The summed E-state index contributed by atoms with van der Waals surface area (Å²) in [6.07, 6.45) is 5.94. The van der Waals surface area contributed by atoms with Crippen LogP contribution in [-0.4, -0.2) is 65.6 Å². The highest BCUT2D eigenvalue weighted by atomic mass is 16.2. The Bertz CT molecular complexity index is 1390. The molecule has 2 aliphatic heterocycles. The highest BCUT2D eigenvalue weighted by Crippen LogP contribution is 2.44. The van der Waals surface area contributed by atoms with Gasteiger partial charge in [0.2, 0.25) is 5.91 Å². The Morgan fingerprint density at radius 2 is 1.52 bits per heavy atom. The minimum atomic E-state index is -0.473. The number of carbonyl (C=O) groups is 3. The fourth-order valence-electron chi connectivity index (χ4n) is 5.54. The zero-order chi connectivity index (χ0) is 29.0. The molecule has 1 N–H and O–H groups in total. The summed E-state index contributed by atoms with van der Waals surface area (Å²) in [7, 11) is 1.80. The monoisotopic (exact) mass is 540 g/mol. The highest BCUT2D eigenvalue weighted by molar-refractivity contribution is 6.01. The van der Waals surface area contributed by atoms with Gasteiger partial charge in [-0.2, -0.15) is 0 Å². The molecule has 1 saturated heterocycles. The lowest BCUT2D eigenvalue weighted by atomic mass is 9.78. The Morgan fingerprint density at radius 1 is 0.900 bits per heavy atom. The van der Waals surface area contributed by atoms with E-state index in [1.54, 1.807) is 18.9 Å². The number of rotatable bonds is 4. The van der Waals surface area contributed by atoms with E-state index in [0.29, 0.717) is 37.3 Å². The molecule has 2 atom stereocenters. The number of Topliss-reactive ketones (excluding diaryl/α,β-unsaturated/α-hetero) is 1. The number of ketones is 1. The van der Waals surface area contributed by atoms with Gasteiger partial charge in [-0.3, -0.25) is 14.4 Å². The van der Waals surface area contributed by atoms with Crippen LogP contribution in [0.3, 0.4) is 0 Å². The standard InChI is InChI=1S/C29H32N4O3.C4H8/c1-18-19(2)30-17-25(18)27-26(23-7-5-6-8-24(23)28(35)31(27)4)29(36)33-15-13-32(14-16-33)22-11-9-21(10-12-22)20(3)34;1-3-4-2/h5-12,17,26-27,30H,13-16H2,1-4H3;3-4H,1-2H3/b;4-3-. The molecule has 40 heavy (non-hydrogen) atoms. The Morgan fingerprint density at radius 3 is 2.08 bits per heavy atom. The van der Waals surface area contributed by atoms with E-state index in [1.165, 1.54) is 0 Å². The predicted octanol–water partition coefficient (Wildman–Crippen LogP) is 5.68. The number of hydrogen-bond acceptors (Lipinski definition) is 4. The summed E-state index contributed by atoms with van der Waals surface area (Å²) in [4.78, 5) is 48.2. The summed E-state index contributed by atoms with van der Waals surface area (Å²) < 4.78 is 0. The van der Waals surface area contributed by atoms with E-state index in [2.05, 4.69) is 9.88 Å². The second kappa shape index (κ2) is 12.4. The minimum absolute atomic E-state index is 0.0515. The summed E-state index contributed by atoms with van der Waals surface area (Å²) in [5, 5.41) is 0. The van der Waals surface area contributed by atoms with Crippen LogP contribution >= 0.6 is 0 Å². The predicted molar refractivity (Wildman–Crippen MR) is 160 cm³/mol. The van der Waals surface area contributed by atoms with E-state index in [4.69, 9.17) is 0 Å². The molecular formula is C33H40N4O3. The van der Waals surface area contributed by atoms with Gasteiger partial charge in [0.15, 0.2) is 5.78 Å². The van der Waals surface area contributed by atoms with Crippen molar-refractivity contribution in [3.05, 3.63) is 100 Å². The van der Waals surface area contributed by atoms with Crippen LogP contribution in [0.1, 0.15) is 75.8 Å². The number of amides is 2. The molecule has 3 aromatic rings. The molecule has 2 amide bonds. The number of aromatic amines is 1. The zero-order valence-corrected chi connectivity index (χ0v) is 24.4. The molecule has 0 bridgehead atoms. The summed E-state index contributed by atoms with van der Waals surface area (Å²) in [5.41, 5.74) is 6.26. The average Bonchev–Trinajstić information content (AvgIpc) is 3.31. The quantitative estimate of drug-likeness (QED) is 0.341. The number of nitrogens with zero attached hydrogens (tertiary/aromatic N) is 3. The third kappa shape index (κ3) is 5.60. The molecule has 210 valence electrons. The van der Waals surface area contributed by atoms with Crippen LogP contribution in [0.4, 0.5) is 5.69 Å². The van der Waals surface area contributed by atoms with Gasteiger partial charge in [0.1, 0.15) is 0 Å². The van der Waals surface area contributed by atoms with Crippen LogP contribution in [0.5, 0.6) is 0 Å². The number of allylic oxidation sites excluding steroid dienone is 2. The Kier molecular flexibility index (Phi) is 8.93. The molecule has 0 aliphatic carbocycles. The largest absolute Gasteiger partial charge is 0.368 e. The Hall–Kier alpha value is -4.13. The Balaban J connectivity index is 0.000000867. The number of hydrogen-bond donors (Lipinski definition) is 1. The van der Waals surface area contributed by atoms with Crippen molar-refractivity contribution in [3.8, 4) is 0 Å². The van der Waals surface area contributed by atoms with Crippen LogP contribution in [0.15, 0.2) is 66.9 Å². The first-order chi connectivity index (χ1) is 19.2. The van der Waals surface area contributed by atoms with E-state index in [1.807, 2.05) is 99.5 Å². The van der Waals surface area contributed by atoms with Gasteiger partial charge < -0.3 is 19.7 Å². The van der Waals surface area contributed by atoms with Gasteiger partial charge in [-0.05, 0) is 81.6 Å². The molecule has 7 nitrogen and oxygen atoms in total. The van der Waals surface area contributed by atoms with Gasteiger partial charge in [-0.25, -0.2) is 0 Å². The number of carbonyl (C=O) groups excluding carboxylic acids is 3.